The van der Waals surface area contributed by atoms with E-state index in [1.807, 2.05) is 34.1 Å². The Labute approximate surface area is 143 Å². The molecule has 3 fully saturated rings. The molecule has 2 amide bonds. The Morgan fingerprint density at radius 2 is 1.96 bits per heavy atom. The number of carbonyl (C=O) groups excluding carboxylic acids is 2. The molecule has 1 aromatic carbocycles. The van der Waals surface area contributed by atoms with Gasteiger partial charge in [-0.05, 0) is 37.0 Å². The third-order valence-electron chi connectivity index (χ3n) is 5.12. The van der Waals surface area contributed by atoms with Crippen molar-refractivity contribution in [3.05, 3.63) is 29.8 Å². The molecule has 0 spiro atoms. The van der Waals surface area contributed by atoms with Gasteiger partial charge in [0.25, 0.3) is 0 Å². The lowest BCUT2D eigenvalue weighted by atomic mass is 9.94. The Balaban J connectivity index is 1.68. The average molecular weight is 330 g/mol. The monoisotopic (exact) mass is 330 g/mol. The standard InChI is InChI=1S/C19H26N2O3/c1-3-10-21-16-7-6-15(19(21)23)12-20(13-16)18(22)11-14-4-8-17(24-2)9-5-14/h4-5,8-9,15-16H,3,6-7,10-13H2,1-2H3/t15-,16+/m1/s1. The van der Waals surface area contributed by atoms with Crippen molar-refractivity contribution in [1.29, 1.82) is 0 Å². The Morgan fingerprint density at radius 3 is 2.62 bits per heavy atom. The lowest BCUT2D eigenvalue weighted by Gasteiger charge is -2.35. The van der Waals surface area contributed by atoms with E-state index in [0.717, 1.165) is 37.1 Å². The fraction of sp³-hybridized carbons (Fsp3) is 0.579. The van der Waals surface area contributed by atoms with Crippen LogP contribution in [-0.4, -0.2) is 54.4 Å². The van der Waals surface area contributed by atoms with Crippen LogP contribution in [0.2, 0.25) is 0 Å². The van der Waals surface area contributed by atoms with Gasteiger partial charge in [0.05, 0.1) is 19.4 Å². The highest BCUT2D eigenvalue weighted by Crippen LogP contribution is 2.29. The Hall–Kier alpha value is -2.04. The predicted molar refractivity (Wildman–Crippen MR) is 91.8 cm³/mol. The minimum atomic E-state index is -0.0184. The van der Waals surface area contributed by atoms with Crippen LogP contribution in [-0.2, 0) is 16.0 Å². The van der Waals surface area contributed by atoms with Crippen LogP contribution in [0.5, 0.6) is 5.75 Å². The van der Waals surface area contributed by atoms with Gasteiger partial charge in [0.1, 0.15) is 5.75 Å². The van der Waals surface area contributed by atoms with Crippen molar-refractivity contribution in [3.63, 3.8) is 0 Å². The number of amides is 2. The van der Waals surface area contributed by atoms with Crippen molar-refractivity contribution < 1.29 is 14.3 Å². The minimum Gasteiger partial charge on any atom is -0.497 e. The summed E-state index contributed by atoms with van der Waals surface area (Å²) < 4.78 is 5.15. The van der Waals surface area contributed by atoms with E-state index in [2.05, 4.69) is 6.92 Å². The number of piperidine rings is 1. The number of carbonyl (C=O) groups is 2. The molecule has 0 saturated carbocycles. The van der Waals surface area contributed by atoms with Crippen molar-refractivity contribution >= 4 is 11.8 Å². The van der Waals surface area contributed by atoms with Gasteiger partial charge in [-0.1, -0.05) is 19.1 Å². The summed E-state index contributed by atoms with van der Waals surface area (Å²) in [5, 5.41) is 0. The second-order valence-electron chi connectivity index (χ2n) is 6.78. The molecular formula is C19H26N2O3. The number of methoxy groups -OCH3 is 1. The summed E-state index contributed by atoms with van der Waals surface area (Å²) in [4.78, 5) is 29.2. The van der Waals surface area contributed by atoms with Crippen LogP contribution in [0.25, 0.3) is 0 Å². The first-order chi connectivity index (χ1) is 11.6. The number of hydrogen-bond donors (Lipinski definition) is 0. The maximum atomic E-state index is 12.7. The van der Waals surface area contributed by atoms with Crippen molar-refractivity contribution in [1.82, 2.24) is 9.80 Å². The SMILES string of the molecule is CCCN1C(=O)[C@@H]2CC[C@H]1CN(C(=O)Cc1ccc(OC)cc1)C2. The predicted octanol–water partition coefficient (Wildman–Crippen LogP) is 2.10. The lowest BCUT2D eigenvalue weighted by molar-refractivity contribution is -0.139. The molecule has 3 aliphatic rings. The fourth-order valence-electron chi connectivity index (χ4n) is 3.81. The van der Waals surface area contributed by atoms with Crippen molar-refractivity contribution in [3.8, 4) is 5.75 Å². The number of rotatable bonds is 5. The largest absolute Gasteiger partial charge is 0.497 e. The zero-order valence-corrected chi connectivity index (χ0v) is 14.5. The van der Waals surface area contributed by atoms with E-state index >= 15 is 0 Å². The van der Waals surface area contributed by atoms with Crippen LogP contribution in [0.1, 0.15) is 31.7 Å². The van der Waals surface area contributed by atoms with Crippen molar-refractivity contribution in [2.24, 2.45) is 5.92 Å². The fourth-order valence-corrected chi connectivity index (χ4v) is 3.81. The zero-order chi connectivity index (χ0) is 17.1. The van der Waals surface area contributed by atoms with E-state index in [9.17, 15) is 9.59 Å². The van der Waals surface area contributed by atoms with Gasteiger partial charge in [0.2, 0.25) is 11.8 Å². The number of ether oxygens (including phenoxy) is 1. The van der Waals surface area contributed by atoms with E-state index in [0.29, 0.717) is 19.5 Å². The van der Waals surface area contributed by atoms with E-state index in [-0.39, 0.29) is 23.8 Å². The molecule has 0 radical (unpaired) electrons. The number of hydrogen-bond acceptors (Lipinski definition) is 3. The quantitative estimate of drug-likeness (QED) is 0.831. The second-order valence-corrected chi connectivity index (χ2v) is 6.78. The molecule has 2 bridgehead atoms. The molecule has 130 valence electrons. The normalized spacial score (nSPS) is 23.3. The average Bonchev–Trinajstić information content (AvgIpc) is 2.89. The van der Waals surface area contributed by atoms with Gasteiger partial charge in [-0.3, -0.25) is 9.59 Å². The van der Waals surface area contributed by atoms with Crippen molar-refractivity contribution in [2.45, 2.75) is 38.6 Å². The first-order valence-corrected chi connectivity index (χ1v) is 8.83. The summed E-state index contributed by atoms with van der Waals surface area (Å²) in [6.45, 7) is 4.15. The molecule has 3 heterocycles. The summed E-state index contributed by atoms with van der Waals surface area (Å²) in [7, 11) is 1.63. The summed E-state index contributed by atoms with van der Waals surface area (Å²) >= 11 is 0. The minimum absolute atomic E-state index is 0.0184. The maximum absolute atomic E-state index is 12.7. The molecule has 3 aliphatic heterocycles. The van der Waals surface area contributed by atoms with Crippen LogP contribution in [0.3, 0.4) is 0 Å². The zero-order valence-electron chi connectivity index (χ0n) is 14.5. The molecule has 3 saturated heterocycles. The molecule has 4 rings (SSSR count). The summed E-state index contributed by atoms with van der Waals surface area (Å²) in [5.74, 6) is 1.13. The van der Waals surface area contributed by atoms with Crippen LogP contribution in [0.4, 0.5) is 0 Å². The molecule has 5 heteroatoms. The topological polar surface area (TPSA) is 49.9 Å². The van der Waals surface area contributed by atoms with Crippen LogP contribution in [0.15, 0.2) is 24.3 Å². The van der Waals surface area contributed by atoms with E-state index in [1.165, 1.54) is 0 Å². The summed E-state index contributed by atoms with van der Waals surface area (Å²) in [6, 6.07) is 7.80. The van der Waals surface area contributed by atoms with Crippen molar-refractivity contribution in [2.75, 3.05) is 26.7 Å². The van der Waals surface area contributed by atoms with Gasteiger partial charge in [-0.2, -0.15) is 0 Å². The first-order valence-electron chi connectivity index (χ1n) is 8.83. The van der Waals surface area contributed by atoms with Crippen LogP contribution >= 0.6 is 0 Å². The highest BCUT2D eigenvalue weighted by atomic mass is 16.5. The summed E-state index contributed by atoms with van der Waals surface area (Å²) in [6.07, 6.45) is 3.28. The van der Waals surface area contributed by atoms with E-state index in [4.69, 9.17) is 4.74 Å². The lowest BCUT2D eigenvalue weighted by Crippen LogP contribution is -2.48. The smallest absolute Gasteiger partial charge is 0.227 e. The molecule has 2 atom stereocenters. The van der Waals surface area contributed by atoms with Gasteiger partial charge < -0.3 is 14.5 Å². The van der Waals surface area contributed by atoms with Crippen LogP contribution in [0, 0.1) is 5.92 Å². The van der Waals surface area contributed by atoms with Gasteiger partial charge in [0, 0.05) is 25.7 Å². The first kappa shape index (κ1) is 16.8. The van der Waals surface area contributed by atoms with Gasteiger partial charge in [-0.15, -0.1) is 0 Å². The van der Waals surface area contributed by atoms with Gasteiger partial charge in [-0.25, -0.2) is 0 Å². The Morgan fingerprint density at radius 1 is 1.21 bits per heavy atom. The molecule has 0 aromatic heterocycles. The summed E-state index contributed by atoms with van der Waals surface area (Å²) in [5.41, 5.74) is 0.981. The highest BCUT2D eigenvalue weighted by molar-refractivity contribution is 5.84. The van der Waals surface area contributed by atoms with E-state index < -0.39 is 0 Å². The third kappa shape index (κ3) is 3.40. The van der Waals surface area contributed by atoms with Gasteiger partial charge >= 0.3 is 0 Å². The van der Waals surface area contributed by atoms with Crippen LogP contribution < -0.4 is 4.74 Å². The Kier molecular flexibility index (Phi) is 5.07. The number of benzene rings is 1. The van der Waals surface area contributed by atoms with E-state index in [1.54, 1.807) is 7.11 Å². The second kappa shape index (κ2) is 7.24. The highest BCUT2D eigenvalue weighted by Gasteiger charge is 2.41. The number of nitrogens with zero attached hydrogens (tertiary/aromatic N) is 2. The number of fused-ring (bicyclic) bond motifs is 4. The molecular weight excluding hydrogens is 304 g/mol. The molecule has 24 heavy (non-hydrogen) atoms. The van der Waals surface area contributed by atoms with Gasteiger partial charge in [0.15, 0.2) is 0 Å². The molecule has 0 unspecified atom stereocenters. The molecule has 5 nitrogen and oxygen atoms in total. The maximum Gasteiger partial charge on any atom is 0.227 e. The third-order valence-corrected chi connectivity index (χ3v) is 5.12. The molecule has 1 aromatic rings. The molecule has 0 aliphatic carbocycles. The Bertz CT molecular complexity index is 599. The molecule has 0 N–H and O–H groups in total.